The Balaban J connectivity index is 3.10. The lowest BCUT2D eigenvalue weighted by atomic mass is 10.1. The van der Waals surface area contributed by atoms with E-state index in [-0.39, 0.29) is 17.0 Å². The van der Waals surface area contributed by atoms with E-state index in [0.29, 0.717) is 0 Å². The molecule has 0 aliphatic heterocycles. The van der Waals surface area contributed by atoms with Crippen LogP contribution >= 0.6 is 0 Å². The summed E-state index contributed by atoms with van der Waals surface area (Å²) >= 11 is 0. The van der Waals surface area contributed by atoms with E-state index >= 15 is 0 Å². The van der Waals surface area contributed by atoms with Crippen molar-refractivity contribution in [2.24, 2.45) is 0 Å². The molecule has 0 radical (unpaired) electrons. The second kappa shape index (κ2) is 5.35. The third-order valence-electron chi connectivity index (χ3n) is 2.34. The summed E-state index contributed by atoms with van der Waals surface area (Å²) in [5, 5.41) is 22.1. The fraction of sp³-hybridized carbons (Fsp3) is 0.333. The minimum absolute atomic E-state index is 0.0705. The van der Waals surface area contributed by atoms with Crippen molar-refractivity contribution < 1.29 is 14.5 Å². The molecule has 0 saturated carbocycles. The summed E-state index contributed by atoms with van der Waals surface area (Å²) in [6.07, 6.45) is 0. The van der Waals surface area contributed by atoms with E-state index in [2.05, 4.69) is 5.32 Å². The molecule has 0 atom stereocenters. The maximum absolute atomic E-state index is 11.9. The van der Waals surface area contributed by atoms with Crippen LogP contribution in [0.25, 0.3) is 0 Å². The van der Waals surface area contributed by atoms with E-state index in [9.17, 15) is 14.9 Å². The van der Waals surface area contributed by atoms with Crippen LogP contribution in [0.4, 0.5) is 5.69 Å². The number of benzene rings is 1. The topological polar surface area (TPSA) is 105 Å². The fourth-order valence-electron chi connectivity index (χ4n) is 1.36. The Labute approximate surface area is 109 Å². The Morgan fingerprint density at radius 1 is 1.53 bits per heavy atom. The molecular formula is C12H13N3O4. The molecule has 1 amide bonds. The van der Waals surface area contributed by atoms with Crippen molar-refractivity contribution in [2.45, 2.75) is 19.4 Å². The average molecular weight is 263 g/mol. The van der Waals surface area contributed by atoms with E-state index in [4.69, 9.17) is 10.00 Å². The number of nitro groups is 1. The lowest BCUT2D eigenvalue weighted by Crippen LogP contribution is -2.42. The van der Waals surface area contributed by atoms with Gasteiger partial charge in [-0.25, -0.2) is 0 Å². The maximum Gasteiger partial charge on any atom is 0.311 e. The molecule has 0 fully saturated rings. The van der Waals surface area contributed by atoms with Gasteiger partial charge in [-0.15, -0.1) is 0 Å². The smallest absolute Gasteiger partial charge is 0.311 e. The third-order valence-corrected chi connectivity index (χ3v) is 2.34. The Bertz CT molecular complexity index is 561. The number of hydrogen-bond acceptors (Lipinski definition) is 5. The number of hydrogen-bond donors (Lipinski definition) is 1. The standard InChI is InChI=1S/C12H13N3O4/c1-12(2,7-13)14-11(16)8-4-5-10(19-3)9(6-8)15(17)18/h4-6H,1-3H3,(H,14,16). The lowest BCUT2D eigenvalue weighted by Gasteiger charge is -2.17. The fourth-order valence-corrected chi connectivity index (χ4v) is 1.36. The summed E-state index contributed by atoms with van der Waals surface area (Å²) in [4.78, 5) is 22.1. The van der Waals surface area contributed by atoms with Crippen molar-refractivity contribution in [1.29, 1.82) is 5.26 Å². The summed E-state index contributed by atoms with van der Waals surface area (Å²) in [7, 11) is 1.31. The van der Waals surface area contributed by atoms with E-state index < -0.39 is 16.4 Å². The number of nitriles is 1. The van der Waals surface area contributed by atoms with Gasteiger partial charge >= 0.3 is 5.69 Å². The van der Waals surface area contributed by atoms with Crippen LogP contribution in [0, 0.1) is 21.4 Å². The number of nitrogens with zero attached hydrogens (tertiary/aromatic N) is 2. The van der Waals surface area contributed by atoms with Crippen molar-refractivity contribution in [1.82, 2.24) is 5.32 Å². The normalized spacial score (nSPS) is 10.4. The van der Waals surface area contributed by atoms with Crippen molar-refractivity contribution in [3.05, 3.63) is 33.9 Å². The molecule has 7 heteroatoms. The van der Waals surface area contributed by atoms with Crippen LogP contribution in [0.2, 0.25) is 0 Å². The van der Waals surface area contributed by atoms with Crippen LogP contribution in [0.5, 0.6) is 5.75 Å². The highest BCUT2D eigenvalue weighted by Crippen LogP contribution is 2.27. The maximum atomic E-state index is 11.9. The molecule has 0 heterocycles. The van der Waals surface area contributed by atoms with Gasteiger partial charge < -0.3 is 10.1 Å². The predicted octanol–water partition coefficient (Wildman–Crippen LogP) is 1.64. The second-order valence-electron chi connectivity index (χ2n) is 4.33. The first-order valence-corrected chi connectivity index (χ1v) is 5.37. The third kappa shape index (κ3) is 3.42. The molecule has 0 unspecified atom stereocenters. The molecule has 0 bridgehead atoms. The largest absolute Gasteiger partial charge is 0.490 e. The summed E-state index contributed by atoms with van der Waals surface area (Å²) < 4.78 is 4.84. The van der Waals surface area contributed by atoms with E-state index in [0.717, 1.165) is 6.07 Å². The molecule has 1 aromatic rings. The van der Waals surface area contributed by atoms with Crippen LogP contribution in [-0.2, 0) is 0 Å². The highest BCUT2D eigenvalue weighted by Gasteiger charge is 2.23. The van der Waals surface area contributed by atoms with Gasteiger partial charge in [-0.1, -0.05) is 0 Å². The molecule has 1 rings (SSSR count). The number of nitro benzene ring substituents is 1. The minimum Gasteiger partial charge on any atom is -0.490 e. The molecule has 1 N–H and O–H groups in total. The van der Waals surface area contributed by atoms with Gasteiger partial charge in [-0.2, -0.15) is 5.26 Å². The Kier molecular flexibility index (Phi) is 4.07. The predicted molar refractivity (Wildman–Crippen MR) is 66.8 cm³/mol. The first-order chi connectivity index (χ1) is 8.80. The van der Waals surface area contributed by atoms with Gasteiger partial charge in [0.2, 0.25) is 0 Å². The first kappa shape index (κ1) is 14.4. The highest BCUT2D eigenvalue weighted by molar-refractivity contribution is 5.95. The zero-order valence-corrected chi connectivity index (χ0v) is 10.8. The summed E-state index contributed by atoms with van der Waals surface area (Å²) in [5.41, 5.74) is -1.26. The minimum atomic E-state index is -1.05. The molecule has 0 spiro atoms. The van der Waals surface area contributed by atoms with Gasteiger partial charge in [-0.05, 0) is 26.0 Å². The number of rotatable bonds is 4. The van der Waals surface area contributed by atoms with Crippen LogP contribution in [-0.4, -0.2) is 23.5 Å². The van der Waals surface area contributed by atoms with Crippen LogP contribution in [0.15, 0.2) is 18.2 Å². The van der Waals surface area contributed by atoms with Crippen molar-refractivity contribution in [3.8, 4) is 11.8 Å². The summed E-state index contributed by atoms with van der Waals surface area (Å²) in [6, 6.07) is 5.76. The Hall–Kier alpha value is -2.62. The zero-order valence-electron chi connectivity index (χ0n) is 10.8. The molecule has 0 aliphatic carbocycles. The van der Waals surface area contributed by atoms with Gasteiger partial charge in [0.05, 0.1) is 18.1 Å². The number of methoxy groups -OCH3 is 1. The summed E-state index contributed by atoms with van der Waals surface area (Å²) in [6.45, 7) is 3.06. The molecular weight excluding hydrogens is 250 g/mol. The number of nitrogens with one attached hydrogen (secondary N) is 1. The average Bonchev–Trinajstić information content (AvgIpc) is 2.37. The highest BCUT2D eigenvalue weighted by atomic mass is 16.6. The number of amides is 1. The SMILES string of the molecule is COc1ccc(C(=O)NC(C)(C)C#N)cc1[N+](=O)[O-]. The molecule has 0 aliphatic rings. The molecule has 100 valence electrons. The Morgan fingerprint density at radius 3 is 2.63 bits per heavy atom. The van der Waals surface area contributed by atoms with Crippen molar-refractivity contribution in [3.63, 3.8) is 0 Å². The van der Waals surface area contributed by atoms with Gasteiger partial charge in [0.25, 0.3) is 5.91 Å². The second-order valence-corrected chi connectivity index (χ2v) is 4.33. The first-order valence-electron chi connectivity index (χ1n) is 5.37. The Morgan fingerprint density at radius 2 is 2.16 bits per heavy atom. The van der Waals surface area contributed by atoms with Crippen molar-refractivity contribution in [2.75, 3.05) is 7.11 Å². The monoisotopic (exact) mass is 263 g/mol. The molecule has 7 nitrogen and oxygen atoms in total. The van der Waals surface area contributed by atoms with Crippen LogP contribution in [0.3, 0.4) is 0 Å². The van der Waals surface area contributed by atoms with E-state index in [1.165, 1.54) is 33.1 Å². The molecule has 19 heavy (non-hydrogen) atoms. The quantitative estimate of drug-likeness (QED) is 0.656. The molecule has 0 saturated heterocycles. The number of carbonyl (C=O) groups is 1. The van der Waals surface area contributed by atoms with Crippen LogP contribution in [0.1, 0.15) is 24.2 Å². The van der Waals surface area contributed by atoms with Gasteiger partial charge in [0.1, 0.15) is 5.54 Å². The molecule has 1 aromatic carbocycles. The van der Waals surface area contributed by atoms with Gasteiger partial charge in [0.15, 0.2) is 5.75 Å². The zero-order chi connectivity index (χ0) is 14.6. The van der Waals surface area contributed by atoms with Crippen molar-refractivity contribution >= 4 is 11.6 Å². The summed E-state index contributed by atoms with van der Waals surface area (Å²) in [5.74, 6) is -0.488. The van der Waals surface area contributed by atoms with Gasteiger partial charge in [-0.3, -0.25) is 14.9 Å². The van der Waals surface area contributed by atoms with Gasteiger partial charge in [0, 0.05) is 11.6 Å². The lowest BCUT2D eigenvalue weighted by molar-refractivity contribution is -0.385. The van der Waals surface area contributed by atoms with Crippen LogP contribution < -0.4 is 10.1 Å². The molecule has 0 aromatic heterocycles. The van der Waals surface area contributed by atoms with E-state index in [1.807, 2.05) is 6.07 Å². The van der Waals surface area contributed by atoms with E-state index in [1.54, 1.807) is 0 Å². The number of ether oxygens (including phenoxy) is 1. The number of carbonyl (C=O) groups excluding carboxylic acids is 1.